The van der Waals surface area contributed by atoms with Gasteiger partial charge in [0.25, 0.3) is 5.91 Å². The number of rotatable bonds is 10. The first-order valence-corrected chi connectivity index (χ1v) is 10.3. The lowest BCUT2D eigenvalue weighted by Crippen LogP contribution is -2.17. The predicted molar refractivity (Wildman–Crippen MR) is 114 cm³/mol. The number of anilines is 1. The van der Waals surface area contributed by atoms with Crippen LogP contribution in [-0.2, 0) is 6.54 Å². The Kier molecular flexibility index (Phi) is 7.11. The van der Waals surface area contributed by atoms with Gasteiger partial charge in [-0.3, -0.25) is 14.8 Å². The quantitative estimate of drug-likeness (QED) is 0.519. The third kappa shape index (κ3) is 4.96. The van der Waals surface area contributed by atoms with Gasteiger partial charge in [-0.2, -0.15) is 5.10 Å². The summed E-state index contributed by atoms with van der Waals surface area (Å²) in [4.78, 5) is 12.6. The van der Waals surface area contributed by atoms with Crippen LogP contribution < -0.4 is 19.5 Å². The maximum absolute atomic E-state index is 12.6. The number of carbonyl (C=O) groups is 1. The highest BCUT2D eigenvalue weighted by Gasteiger charge is 2.20. The topological polar surface area (TPSA) is 114 Å². The molecule has 0 spiro atoms. The summed E-state index contributed by atoms with van der Waals surface area (Å²) in [6.07, 6.45) is 0. The second kappa shape index (κ2) is 9.96. The zero-order valence-corrected chi connectivity index (χ0v) is 18.4. The number of aryl methyl sites for hydroxylation is 2. The molecule has 31 heavy (non-hydrogen) atoms. The Bertz CT molecular complexity index is 1020. The van der Waals surface area contributed by atoms with E-state index >= 15 is 0 Å². The molecular weight excluding hydrogens is 402 g/mol. The Morgan fingerprint density at radius 2 is 1.65 bits per heavy atom. The highest BCUT2D eigenvalue weighted by Crippen LogP contribution is 2.41. The fraction of sp³-hybridized carbons (Fsp3) is 0.429. The van der Waals surface area contributed by atoms with Crippen molar-refractivity contribution >= 4 is 11.9 Å². The van der Waals surface area contributed by atoms with Crippen molar-refractivity contribution in [3.05, 3.63) is 29.6 Å². The van der Waals surface area contributed by atoms with E-state index in [9.17, 15) is 4.79 Å². The van der Waals surface area contributed by atoms with Crippen LogP contribution in [0.3, 0.4) is 0 Å². The molecule has 10 heteroatoms. The lowest BCUT2D eigenvalue weighted by molar-refractivity contribution is 0.101. The number of ether oxygens (including phenoxy) is 3. The lowest BCUT2D eigenvalue weighted by Gasteiger charge is -2.16. The van der Waals surface area contributed by atoms with Crippen molar-refractivity contribution in [1.82, 2.24) is 20.0 Å². The molecule has 2 aromatic heterocycles. The number of nitrogens with zero attached hydrogens (tertiary/aromatic N) is 4. The number of benzene rings is 1. The van der Waals surface area contributed by atoms with Crippen LogP contribution in [-0.4, -0.2) is 45.7 Å². The van der Waals surface area contributed by atoms with Gasteiger partial charge in [-0.05, 0) is 52.8 Å². The zero-order chi connectivity index (χ0) is 22.4. The van der Waals surface area contributed by atoms with Crippen molar-refractivity contribution < 1.29 is 23.4 Å². The molecular formula is C21H27N5O5. The number of carbonyl (C=O) groups excluding carboxylic acids is 1. The summed E-state index contributed by atoms with van der Waals surface area (Å²) in [5, 5.41) is 14.9. The Balaban J connectivity index is 1.89. The van der Waals surface area contributed by atoms with E-state index in [0.717, 1.165) is 5.69 Å². The Hall–Kier alpha value is -3.56. The summed E-state index contributed by atoms with van der Waals surface area (Å²) < 4.78 is 24.4. The van der Waals surface area contributed by atoms with Gasteiger partial charge >= 0.3 is 6.01 Å². The predicted octanol–water partition coefficient (Wildman–Crippen LogP) is 3.71. The first-order valence-electron chi connectivity index (χ1n) is 10.3. The molecule has 0 fully saturated rings. The van der Waals surface area contributed by atoms with Gasteiger partial charge in [0, 0.05) is 12.1 Å². The third-order valence-corrected chi connectivity index (χ3v) is 4.24. The molecule has 0 aliphatic rings. The van der Waals surface area contributed by atoms with Crippen LogP contribution >= 0.6 is 0 Å². The number of hydrogen-bond acceptors (Lipinski definition) is 8. The molecule has 0 aliphatic carbocycles. The molecule has 3 aromatic rings. The van der Waals surface area contributed by atoms with Gasteiger partial charge in [-0.25, -0.2) is 0 Å². The SMILES string of the molecule is CCOc1cc(-c2nnc(NC(=O)c3cc(C)nn3CC)o2)cc(OCC)c1OCC. The summed E-state index contributed by atoms with van der Waals surface area (Å²) in [6, 6.07) is 5.16. The molecule has 3 rings (SSSR count). The minimum atomic E-state index is -0.380. The highest BCUT2D eigenvalue weighted by atomic mass is 16.5. The molecule has 1 aromatic carbocycles. The second-order valence-corrected chi connectivity index (χ2v) is 6.45. The van der Waals surface area contributed by atoms with E-state index in [1.165, 1.54) is 0 Å². The van der Waals surface area contributed by atoms with E-state index in [2.05, 4.69) is 20.6 Å². The minimum absolute atomic E-state index is 0.0219. The van der Waals surface area contributed by atoms with E-state index in [4.69, 9.17) is 18.6 Å². The summed E-state index contributed by atoms with van der Waals surface area (Å²) >= 11 is 0. The maximum atomic E-state index is 12.6. The average Bonchev–Trinajstić information content (AvgIpc) is 3.36. The number of nitrogens with one attached hydrogen (secondary N) is 1. The highest BCUT2D eigenvalue weighted by molar-refractivity contribution is 6.01. The largest absolute Gasteiger partial charge is 0.490 e. The summed E-state index contributed by atoms with van der Waals surface area (Å²) in [7, 11) is 0. The van der Waals surface area contributed by atoms with Gasteiger partial charge in [0.2, 0.25) is 11.6 Å². The first kappa shape index (κ1) is 22.1. The normalized spacial score (nSPS) is 10.7. The molecule has 0 saturated carbocycles. The first-order chi connectivity index (χ1) is 15.0. The third-order valence-electron chi connectivity index (χ3n) is 4.24. The van der Waals surface area contributed by atoms with Gasteiger partial charge in [0.1, 0.15) is 5.69 Å². The smallest absolute Gasteiger partial charge is 0.322 e. The molecule has 0 saturated heterocycles. The molecule has 0 atom stereocenters. The maximum Gasteiger partial charge on any atom is 0.322 e. The van der Waals surface area contributed by atoms with Gasteiger partial charge in [-0.15, -0.1) is 5.10 Å². The van der Waals surface area contributed by atoms with E-state index < -0.39 is 0 Å². The fourth-order valence-corrected chi connectivity index (χ4v) is 3.03. The van der Waals surface area contributed by atoms with Gasteiger partial charge in [-0.1, -0.05) is 5.10 Å². The standard InChI is InChI=1S/C21H27N5O5/c1-6-26-15(10-13(5)25-26)19(27)22-21-24-23-20(31-21)14-11-16(28-7-2)18(30-9-4)17(12-14)29-8-3/h10-12H,6-9H2,1-5H3,(H,22,24,27). The van der Waals surface area contributed by atoms with Gasteiger partial charge in [0.15, 0.2) is 11.5 Å². The number of hydrogen-bond donors (Lipinski definition) is 1. The van der Waals surface area contributed by atoms with E-state index in [-0.39, 0.29) is 17.8 Å². The summed E-state index contributed by atoms with van der Waals surface area (Å²) in [6.45, 7) is 11.3. The number of amides is 1. The molecule has 1 N–H and O–H groups in total. The molecule has 2 heterocycles. The van der Waals surface area contributed by atoms with Crippen molar-refractivity contribution in [2.24, 2.45) is 0 Å². The molecule has 10 nitrogen and oxygen atoms in total. The van der Waals surface area contributed by atoms with Crippen LogP contribution in [0.2, 0.25) is 0 Å². The van der Waals surface area contributed by atoms with Crippen LogP contribution in [0, 0.1) is 6.92 Å². The van der Waals surface area contributed by atoms with Crippen LogP contribution in [0.15, 0.2) is 22.6 Å². The molecule has 0 bridgehead atoms. The monoisotopic (exact) mass is 429 g/mol. The van der Waals surface area contributed by atoms with Gasteiger partial charge in [0.05, 0.1) is 25.5 Å². The van der Waals surface area contributed by atoms with Crippen molar-refractivity contribution in [2.45, 2.75) is 41.2 Å². The fourth-order valence-electron chi connectivity index (χ4n) is 3.03. The average molecular weight is 429 g/mol. The van der Waals surface area contributed by atoms with Crippen molar-refractivity contribution in [3.8, 4) is 28.7 Å². The van der Waals surface area contributed by atoms with Crippen LogP contribution in [0.4, 0.5) is 6.01 Å². The van der Waals surface area contributed by atoms with Crippen molar-refractivity contribution in [1.29, 1.82) is 0 Å². The van der Waals surface area contributed by atoms with E-state index in [0.29, 0.717) is 54.9 Å². The second-order valence-electron chi connectivity index (χ2n) is 6.45. The molecule has 0 radical (unpaired) electrons. The molecule has 166 valence electrons. The van der Waals surface area contributed by atoms with Crippen LogP contribution in [0.1, 0.15) is 43.9 Å². The van der Waals surface area contributed by atoms with E-state index in [1.807, 2.05) is 34.6 Å². The Morgan fingerprint density at radius 1 is 1.00 bits per heavy atom. The van der Waals surface area contributed by atoms with Crippen LogP contribution in [0.5, 0.6) is 17.2 Å². The Labute approximate surface area is 180 Å². The number of aromatic nitrogens is 4. The van der Waals surface area contributed by atoms with Crippen molar-refractivity contribution in [3.63, 3.8) is 0 Å². The van der Waals surface area contributed by atoms with E-state index in [1.54, 1.807) is 22.9 Å². The minimum Gasteiger partial charge on any atom is -0.490 e. The zero-order valence-electron chi connectivity index (χ0n) is 18.4. The van der Waals surface area contributed by atoms with Gasteiger partial charge < -0.3 is 18.6 Å². The molecule has 1 amide bonds. The summed E-state index contributed by atoms with van der Waals surface area (Å²) in [5.41, 5.74) is 1.75. The Morgan fingerprint density at radius 3 is 2.23 bits per heavy atom. The van der Waals surface area contributed by atoms with Crippen molar-refractivity contribution in [2.75, 3.05) is 25.1 Å². The van der Waals surface area contributed by atoms with Crippen LogP contribution in [0.25, 0.3) is 11.5 Å². The molecule has 0 aliphatic heterocycles. The molecule has 0 unspecified atom stereocenters. The summed E-state index contributed by atoms with van der Waals surface area (Å²) in [5.74, 6) is 1.37. The lowest BCUT2D eigenvalue weighted by atomic mass is 10.2.